The van der Waals surface area contributed by atoms with Crippen LogP contribution in [0.15, 0.2) is 12.4 Å². The van der Waals surface area contributed by atoms with Crippen LogP contribution in [0.2, 0.25) is 0 Å². The second kappa shape index (κ2) is 4.33. The number of hydrogen-bond acceptors (Lipinski definition) is 3. The van der Waals surface area contributed by atoms with E-state index in [9.17, 15) is 0 Å². The van der Waals surface area contributed by atoms with Crippen molar-refractivity contribution in [3.8, 4) is 0 Å². The molecular formula is C10H16N2O. The number of hydrogen-bond donors (Lipinski definition) is 0. The highest BCUT2D eigenvalue weighted by atomic mass is 16.5. The first-order valence-corrected chi connectivity index (χ1v) is 4.46. The van der Waals surface area contributed by atoms with E-state index in [1.165, 1.54) is 0 Å². The van der Waals surface area contributed by atoms with Crippen molar-refractivity contribution in [3.05, 3.63) is 23.8 Å². The smallest absolute Gasteiger partial charge is 0.125 e. The van der Waals surface area contributed by atoms with E-state index >= 15 is 0 Å². The van der Waals surface area contributed by atoms with E-state index in [2.05, 4.69) is 23.8 Å². The first-order valence-electron chi connectivity index (χ1n) is 4.46. The Morgan fingerprint density at radius 2 is 1.77 bits per heavy atom. The molecule has 1 heterocycles. The minimum Gasteiger partial charge on any atom is -0.376 e. The quantitative estimate of drug-likeness (QED) is 0.714. The Bertz CT molecular complexity index is 256. The van der Waals surface area contributed by atoms with Crippen LogP contribution in [-0.4, -0.2) is 17.1 Å². The molecule has 0 aliphatic carbocycles. The normalized spacial score (nSPS) is 13.3. The van der Waals surface area contributed by atoms with Crippen molar-refractivity contribution in [2.45, 2.75) is 26.9 Å². The van der Waals surface area contributed by atoms with Crippen molar-refractivity contribution in [3.63, 3.8) is 0 Å². The monoisotopic (exact) mass is 180 g/mol. The van der Waals surface area contributed by atoms with E-state index in [4.69, 9.17) is 4.74 Å². The molecule has 13 heavy (non-hydrogen) atoms. The van der Waals surface area contributed by atoms with Crippen molar-refractivity contribution in [1.29, 1.82) is 0 Å². The molecule has 0 N–H and O–H groups in total. The summed E-state index contributed by atoms with van der Waals surface area (Å²) in [6, 6.07) is 0. The van der Waals surface area contributed by atoms with Crippen molar-refractivity contribution < 1.29 is 4.74 Å². The molecule has 0 amide bonds. The summed E-state index contributed by atoms with van der Waals surface area (Å²) in [5.74, 6) is 1.23. The third kappa shape index (κ3) is 2.49. The van der Waals surface area contributed by atoms with Crippen LogP contribution in [0.1, 0.15) is 31.3 Å². The van der Waals surface area contributed by atoms with Gasteiger partial charge < -0.3 is 4.74 Å². The van der Waals surface area contributed by atoms with Gasteiger partial charge in [0.2, 0.25) is 0 Å². The molecule has 0 unspecified atom stereocenters. The minimum absolute atomic E-state index is 0.0978. The highest BCUT2D eigenvalue weighted by Gasteiger charge is 2.14. The zero-order chi connectivity index (χ0) is 9.84. The SMILES string of the molecule is CO[C@@H](c1cnc(C)nc1)C(C)C. The fourth-order valence-corrected chi connectivity index (χ4v) is 1.34. The fourth-order valence-electron chi connectivity index (χ4n) is 1.34. The van der Waals surface area contributed by atoms with Gasteiger partial charge in [0.15, 0.2) is 0 Å². The summed E-state index contributed by atoms with van der Waals surface area (Å²) >= 11 is 0. The molecule has 72 valence electrons. The molecule has 0 aromatic carbocycles. The van der Waals surface area contributed by atoms with Gasteiger partial charge in [-0.2, -0.15) is 0 Å². The van der Waals surface area contributed by atoms with Crippen molar-refractivity contribution in [2.75, 3.05) is 7.11 Å². The first kappa shape index (κ1) is 10.1. The van der Waals surface area contributed by atoms with E-state index in [1.54, 1.807) is 7.11 Å². The molecule has 0 saturated heterocycles. The molecule has 0 aliphatic heterocycles. The maximum Gasteiger partial charge on any atom is 0.125 e. The lowest BCUT2D eigenvalue weighted by molar-refractivity contribution is 0.0640. The third-order valence-electron chi connectivity index (χ3n) is 1.99. The van der Waals surface area contributed by atoms with E-state index < -0.39 is 0 Å². The summed E-state index contributed by atoms with van der Waals surface area (Å²) < 4.78 is 5.36. The standard InChI is InChI=1S/C10H16N2O/c1-7(2)10(13-4)9-5-11-8(3)12-6-9/h5-7,10H,1-4H3/t10-/m1/s1. The van der Waals surface area contributed by atoms with E-state index in [1.807, 2.05) is 19.3 Å². The van der Waals surface area contributed by atoms with E-state index in [0.29, 0.717) is 5.92 Å². The zero-order valence-electron chi connectivity index (χ0n) is 8.61. The van der Waals surface area contributed by atoms with Crippen LogP contribution in [0.25, 0.3) is 0 Å². The summed E-state index contributed by atoms with van der Waals surface area (Å²) in [6.07, 6.45) is 3.76. The Hall–Kier alpha value is -0.960. The van der Waals surface area contributed by atoms with Crippen molar-refractivity contribution in [1.82, 2.24) is 9.97 Å². The molecule has 1 rings (SSSR count). The van der Waals surface area contributed by atoms with Gasteiger partial charge in [0, 0.05) is 25.1 Å². The van der Waals surface area contributed by atoms with Gasteiger partial charge in [-0.15, -0.1) is 0 Å². The lowest BCUT2D eigenvalue weighted by atomic mass is 10.0. The summed E-state index contributed by atoms with van der Waals surface area (Å²) in [5.41, 5.74) is 1.04. The van der Waals surface area contributed by atoms with E-state index in [0.717, 1.165) is 11.4 Å². The second-order valence-corrected chi connectivity index (χ2v) is 3.46. The Morgan fingerprint density at radius 1 is 1.23 bits per heavy atom. The molecule has 1 atom stereocenters. The zero-order valence-corrected chi connectivity index (χ0v) is 8.61. The Morgan fingerprint density at radius 3 is 2.15 bits per heavy atom. The molecule has 1 aromatic heterocycles. The average Bonchev–Trinajstić information content (AvgIpc) is 2.09. The molecule has 0 saturated carbocycles. The number of nitrogens with zero attached hydrogens (tertiary/aromatic N) is 2. The van der Waals surface area contributed by atoms with Crippen LogP contribution in [-0.2, 0) is 4.74 Å². The molecule has 0 spiro atoms. The maximum absolute atomic E-state index is 5.36. The van der Waals surface area contributed by atoms with Gasteiger partial charge in [0.25, 0.3) is 0 Å². The molecule has 3 heteroatoms. The van der Waals surface area contributed by atoms with Crippen LogP contribution in [0.5, 0.6) is 0 Å². The number of aryl methyl sites for hydroxylation is 1. The summed E-state index contributed by atoms with van der Waals surface area (Å²) in [4.78, 5) is 8.28. The molecule has 0 aliphatic rings. The van der Waals surface area contributed by atoms with Crippen LogP contribution in [0, 0.1) is 12.8 Å². The highest BCUT2D eigenvalue weighted by Crippen LogP contribution is 2.23. The average molecular weight is 180 g/mol. The minimum atomic E-state index is 0.0978. The Balaban J connectivity index is 2.86. The van der Waals surface area contributed by atoms with Crippen LogP contribution < -0.4 is 0 Å². The van der Waals surface area contributed by atoms with Gasteiger partial charge in [-0.25, -0.2) is 9.97 Å². The highest BCUT2D eigenvalue weighted by molar-refractivity contribution is 5.09. The summed E-state index contributed by atoms with van der Waals surface area (Å²) in [5, 5.41) is 0. The second-order valence-electron chi connectivity index (χ2n) is 3.46. The Kier molecular flexibility index (Phi) is 3.37. The number of rotatable bonds is 3. The topological polar surface area (TPSA) is 35.0 Å². The van der Waals surface area contributed by atoms with Gasteiger partial charge in [-0.3, -0.25) is 0 Å². The van der Waals surface area contributed by atoms with Crippen molar-refractivity contribution in [2.24, 2.45) is 5.92 Å². The number of aromatic nitrogens is 2. The number of ether oxygens (including phenoxy) is 1. The van der Waals surface area contributed by atoms with Gasteiger partial charge >= 0.3 is 0 Å². The molecule has 0 bridgehead atoms. The molecule has 3 nitrogen and oxygen atoms in total. The van der Waals surface area contributed by atoms with Gasteiger partial charge in [0.05, 0.1) is 6.10 Å². The molecule has 0 radical (unpaired) electrons. The van der Waals surface area contributed by atoms with Gasteiger partial charge in [-0.1, -0.05) is 13.8 Å². The molecule has 1 aromatic rings. The predicted octanol–water partition coefficient (Wildman–Crippen LogP) is 2.13. The lowest BCUT2D eigenvalue weighted by Gasteiger charge is -2.18. The van der Waals surface area contributed by atoms with Crippen molar-refractivity contribution >= 4 is 0 Å². The number of methoxy groups -OCH3 is 1. The van der Waals surface area contributed by atoms with Gasteiger partial charge in [-0.05, 0) is 12.8 Å². The Labute approximate surface area is 79.2 Å². The maximum atomic E-state index is 5.36. The third-order valence-corrected chi connectivity index (χ3v) is 1.99. The fraction of sp³-hybridized carbons (Fsp3) is 0.600. The molecular weight excluding hydrogens is 164 g/mol. The largest absolute Gasteiger partial charge is 0.376 e. The first-order chi connectivity index (χ1) is 6.15. The van der Waals surface area contributed by atoms with Crippen LogP contribution in [0.3, 0.4) is 0 Å². The summed E-state index contributed by atoms with van der Waals surface area (Å²) in [7, 11) is 1.71. The van der Waals surface area contributed by atoms with E-state index in [-0.39, 0.29) is 6.10 Å². The molecule has 0 fully saturated rings. The predicted molar refractivity (Wildman–Crippen MR) is 51.4 cm³/mol. The summed E-state index contributed by atoms with van der Waals surface area (Å²) in [6.45, 7) is 6.11. The lowest BCUT2D eigenvalue weighted by Crippen LogP contribution is -2.09. The van der Waals surface area contributed by atoms with Crippen LogP contribution >= 0.6 is 0 Å². The van der Waals surface area contributed by atoms with Crippen LogP contribution in [0.4, 0.5) is 0 Å². The van der Waals surface area contributed by atoms with Gasteiger partial charge in [0.1, 0.15) is 5.82 Å².